The van der Waals surface area contributed by atoms with E-state index in [-0.39, 0.29) is 0 Å². The number of methoxy groups -OCH3 is 1. The largest absolute Gasteiger partial charge is 0.497 e. The molecular formula is C14H12N4O3. The molecule has 7 nitrogen and oxygen atoms in total. The van der Waals surface area contributed by atoms with Crippen molar-refractivity contribution in [2.75, 3.05) is 7.11 Å². The van der Waals surface area contributed by atoms with Crippen molar-refractivity contribution < 1.29 is 4.74 Å². The van der Waals surface area contributed by atoms with Crippen LogP contribution in [0.15, 0.2) is 58.3 Å². The van der Waals surface area contributed by atoms with Crippen molar-refractivity contribution in [2.45, 2.75) is 0 Å². The van der Waals surface area contributed by atoms with Gasteiger partial charge in [0.1, 0.15) is 5.75 Å². The molecule has 0 fully saturated rings. The van der Waals surface area contributed by atoms with Gasteiger partial charge in [-0.05, 0) is 24.3 Å². The summed E-state index contributed by atoms with van der Waals surface area (Å²) in [7, 11) is 1.52. The van der Waals surface area contributed by atoms with Crippen LogP contribution in [0.2, 0.25) is 0 Å². The first kappa shape index (κ1) is 12.9. The zero-order valence-electron chi connectivity index (χ0n) is 11.2. The topological polar surface area (TPSA) is 81.9 Å². The van der Waals surface area contributed by atoms with E-state index in [2.05, 4.69) is 10.1 Å². The van der Waals surface area contributed by atoms with E-state index in [9.17, 15) is 9.59 Å². The third kappa shape index (κ3) is 2.25. The van der Waals surface area contributed by atoms with Crippen LogP contribution in [0.5, 0.6) is 5.75 Å². The maximum Gasteiger partial charge on any atom is 0.357 e. The molecular weight excluding hydrogens is 272 g/mol. The van der Waals surface area contributed by atoms with Gasteiger partial charge in [-0.1, -0.05) is 12.1 Å². The highest BCUT2D eigenvalue weighted by molar-refractivity contribution is 5.39. The molecule has 1 aromatic carbocycles. The molecule has 1 N–H and O–H groups in total. The van der Waals surface area contributed by atoms with Crippen molar-refractivity contribution in [1.82, 2.24) is 19.3 Å². The Morgan fingerprint density at radius 2 is 2.00 bits per heavy atom. The van der Waals surface area contributed by atoms with Crippen molar-refractivity contribution in [1.29, 1.82) is 0 Å². The Morgan fingerprint density at radius 3 is 2.71 bits per heavy atom. The molecule has 0 unspecified atom stereocenters. The van der Waals surface area contributed by atoms with E-state index >= 15 is 0 Å². The van der Waals surface area contributed by atoms with Crippen LogP contribution in [0.3, 0.4) is 0 Å². The second-order valence-electron chi connectivity index (χ2n) is 4.26. The summed E-state index contributed by atoms with van der Waals surface area (Å²) < 4.78 is 7.22. The summed E-state index contributed by atoms with van der Waals surface area (Å²) in [5.74, 6) is 0.908. The number of aromatic nitrogens is 4. The molecule has 0 saturated carbocycles. The molecule has 0 saturated heterocycles. The molecule has 0 radical (unpaired) electrons. The molecule has 0 amide bonds. The number of aromatic amines is 1. The number of pyridine rings is 1. The molecule has 0 spiro atoms. The molecule has 21 heavy (non-hydrogen) atoms. The number of rotatable bonds is 3. The van der Waals surface area contributed by atoms with Crippen molar-refractivity contribution in [3.05, 3.63) is 69.6 Å². The van der Waals surface area contributed by atoms with E-state index < -0.39 is 11.4 Å². The van der Waals surface area contributed by atoms with Crippen molar-refractivity contribution in [3.8, 4) is 17.3 Å². The van der Waals surface area contributed by atoms with Crippen LogP contribution in [0.1, 0.15) is 0 Å². The molecule has 2 aromatic heterocycles. The van der Waals surface area contributed by atoms with Crippen molar-refractivity contribution >= 4 is 0 Å². The van der Waals surface area contributed by atoms with Crippen LogP contribution in [-0.2, 0) is 0 Å². The highest BCUT2D eigenvalue weighted by atomic mass is 16.5. The molecule has 2 heterocycles. The number of nitrogens with zero attached hydrogens (tertiary/aromatic N) is 3. The van der Waals surface area contributed by atoms with E-state index in [0.717, 1.165) is 9.25 Å². The number of ether oxygens (including phenoxy) is 1. The Bertz CT molecular complexity index is 877. The van der Waals surface area contributed by atoms with Gasteiger partial charge >= 0.3 is 11.4 Å². The van der Waals surface area contributed by atoms with Gasteiger partial charge in [-0.2, -0.15) is 4.68 Å². The number of H-pyrrole nitrogens is 1. The summed E-state index contributed by atoms with van der Waals surface area (Å²) in [4.78, 5) is 28.5. The molecule has 0 atom stereocenters. The third-order valence-electron chi connectivity index (χ3n) is 2.98. The smallest absolute Gasteiger partial charge is 0.357 e. The van der Waals surface area contributed by atoms with Gasteiger partial charge in [0.05, 0.1) is 12.8 Å². The highest BCUT2D eigenvalue weighted by Crippen LogP contribution is 2.13. The Balaban J connectivity index is 2.19. The Morgan fingerprint density at radius 1 is 1.14 bits per heavy atom. The lowest BCUT2D eigenvalue weighted by atomic mass is 10.3. The lowest BCUT2D eigenvalue weighted by Gasteiger charge is -2.03. The maximum absolute atomic E-state index is 12.4. The van der Waals surface area contributed by atoms with Crippen LogP contribution >= 0.6 is 0 Å². The lowest BCUT2D eigenvalue weighted by Crippen LogP contribution is -2.27. The Labute approximate surface area is 119 Å². The lowest BCUT2D eigenvalue weighted by molar-refractivity contribution is 0.414. The minimum atomic E-state index is -0.543. The zero-order chi connectivity index (χ0) is 14.8. The molecule has 3 aromatic rings. The van der Waals surface area contributed by atoms with Gasteiger partial charge in [-0.15, -0.1) is 0 Å². The average Bonchev–Trinajstić information content (AvgIpc) is 2.83. The fraction of sp³-hybridized carbons (Fsp3) is 0.0714. The van der Waals surface area contributed by atoms with Gasteiger partial charge in [-0.25, -0.2) is 24.2 Å². The second kappa shape index (κ2) is 5.12. The van der Waals surface area contributed by atoms with Crippen LogP contribution in [0.4, 0.5) is 0 Å². The average molecular weight is 284 g/mol. The number of benzene rings is 1. The quantitative estimate of drug-likeness (QED) is 0.768. The Kier molecular flexibility index (Phi) is 3.15. The molecule has 106 valence electrons. The predicted octanol–water partition coefficient (Wildman–Crippen LogP) is 0.720. The number of hydrogen-bond acceptors (Lipinski definition) is 4. The minimum absolute atomic E-state index is 0.348. The fourth-order valence-corrected chi connectivity index (χ4v) is 2.00. The van der Waals surface area contributed by atoms with Crippen LogP contribution in [0.25, 0.3) is 11.5 Å². The van der Waals surface area contributed by atoms with Crippen LogP contribution in [0, 0.1) is 0 Å². The first-order chi connectivity index (χ1) is 10.2. The van der Waals surface area contributed by atoms with E-state index in [1.165, 1.54) is 7.11 Å². The summed E-state index contributed by atoms with van der Waals surface area (Å²) in [6, 6.07) is 11.8. The Hall–Kier alpha value is -3.09. The van der Waals surface area contributed by atoms with E-state index in [4.69, 9.17) is 4.74 Å². The summed E-state index contributed by atoms with van der Waals surface area (Å²) in [5, 5.41) is 2.47. The molecule has 0 aliphatic rings. The summed E-state index contributed by atoms with van der Waals surface area (Å²) in [6.45, 7) is 0. The summed E-state index contributed by atoms with van der Waals surface area (Å²) in [5.41, 5.74) is -0.638. The number of hydrogen-bond donors (Lipinski definition) is 1. The molecule has 3 rings (SSSR count). The van der Waals surface area contributed by atoms with E-state index in [0.29, 0.717) is 17.3 Å². The molecule has 7 heteroatoms. The third-order valence-corrected chi connectivity index (χ3v) is 2.98. The molecule has 0 aliphatic heterocycles. The SMILES string of the molecule is COc1cccc(-n2c(=O)[nH]n(-c3ccccn3)c2=O)c1. The van der Waals surface area contributed by atoms with Gasteiger partial charge in [-0.3, -0.25) is 0 Å². The van der Waals surface area contributed by atoms with Gasteiger partial charge in [0.15, 0.2) is 5.82 Å². The monoisotopic (exact) mass is 284 g/mol. The highest BCUT2D eigenvalue weighted by Gasteiger charge is 2.13. The van der Waals surface area contributed by atoms with Crippen LogP contribution < -0.4 is 16.1 Å². The zero-order valence-corrected chi connectivity index (χ0v) is 11.2. The summed E-state index contributed by atoms with van der Waals surface area (Å²) in [6.07, 6.45) is 1.54. The fourth-order valence-electron chi connectivity index (χ4n) is 2.00. The molecule has 0 bridgehead atoms. The van der Waals surface area contributed by atoms with Crippen molar-refractivity contribution in [2.24, 2.45) is 0 Å². The van der Waals surface area contributed by atoms with E-state index in [1.54, 1.807) is 48.7 Å². The second-order valence-corrected chi connectivity index (χ2v) is 4.26. The standard InChI is InChI=1S/C14H12N4O3/c1-21-11-6-4-5-10(9-11)17-13(19)16-18(14(17)20)12-7-2-3-8-15-12/h2-9H,1H3,(H,16,19). The first-order valence-electron chi connectivity index (χ1n) is 6.20. The van der Waals surface area contributed by atoms with Gasteiger partial charge < -0.3 is 4.74 Å². The normalized spacial score (nSPS) is 10.5. The van der Waals surface area contributed by atoms with Gasteiger partial charge in [0, 0.05) is 12.3 Å². The number of nitrogens with one attached hydrogen (secondary N) is 1. The minimum Gasteiger partial charge on any atom is -0.497 e. The summed E-state index contributed by atoms with van der Waals surface area (Å²) >= 11 is 0. The molecule has 0 aliphatic carbocycles. The van der Waals surface area contributed by atoms with E-state index in [1.807, 2.05) is 0 Å². The van der Waals surface area contributed by atoms with Gasteiger partial charge in [0.2, 0.25) is 0 Å². The van der Waals surface area contributed by atoms with Crippen LogP contribution in [-0.4, -0.2) is 26.4 Å². The van der Waals surface area contributed by atoms with Gasteiger partial charge in [0.25, 0.3) is 0 Å². The first-order valence-corrected chi connectivity index (χ1v) is 6.20. The van der Waals surface area contributed by atoms with Crippen molar-refractivity contribution in [3.63, 3.8) is 0 Å². The predicted molar refractivity (Wildman–Crippen MR) is 76.3 cm³/mol. The maximum atomic E-state index is 12.4.